The van der Waals surface area contributed by atoms with E-state index in [2.05, 4.69) is 22.3 Å². The van der Waals surface area contributed by atoms with E-state index < -0.39 is 0 Å². The summed E-state index contributed by atoms with van der Waals surface area (Å²) in [5, 5.41) is 9.38. The number of benzene rings is 3. The second-order valence-corrected chi connectivity index (χ2v) is 8.59. The molecule has 5 rings (SSSR count). The normalized spacial score (nSPS) is 12.4. The first-order valence-electron chi connectivity index (χ1n) is 11.0. The van der Waals surface area contributed by atoms with Crippen molar-refractivity contribution in [3.05, 3.63) is 95.8 Å². The Morgan fingerprint density at radius 1 is 0.912 bits per heavy atom. The van der Waals surface area contributed by atoms with Gasteiger partial charge in [-0.2, -0.15) is 0 Å². The van der Waals surface area contributed by atoms with E-state index in [1.54, 1.807) is 18.2 Å². The van der Waals surface area contributed by atoms with Crippen LogP contribution in [0.4, 0.5) is 0 Å². The van der Waals surface area contributed by atoms with Crippen LogP contribution in [0.2, 0.25) is 0 Å². The summed E-state index contributed by atoms with van der Waals surface area (Å²) in [5.74, 6) is 2.95. The van der Waals surface area contributed by atoms with Crippen molar-refractivity contribution in [2.45, 2.75) is 18.3 Å². The summed E-state index contributed by atoms with van der Waals surface area (Å²) in [6.45, 7) is 1.86. The van der Waals surface area contributed by atoms with Crippen LogP contribution in [0.15, 0.2) is 84.0 Å². The molecular formula is C26H23N3O4S. The van der Waals surface area contributed by atoms with Crippen LogP contribution in [-0.4, -0.2) is 39.5 Å². The first-order chi connectivity index (χ1) is 16.8. The molecule has 0 fully saturated rings. The van der Waals surface area contributed by atoms with Gasteiger partial charge in [-0.3, -0.25) is 9.36 Å². The molecule has 7 nitrogen and oxygen atoms in total. The van der Waals surface area contributed by atoms with Gasteiger partial charge in [0.05, 0.1) is 12.3 Å². The van der Waals surface area contributed by atoms with Gasteiger partial charge in [0.2, 0.25) is 0 Å². The third-order valence-corrected chi connectivity index (χ3v) is 6.25. The predicted molar refractivity (Wildman–Crippen MR) is 129 cm³/mol. The molecule has 8 heteroatoms. The smallest absolute Gasteiger partial charge is 0.192 e. The molecule has 0 saturated carbocycles. The van der Waals surface area contributed by atoms with Crippen LogP contribution in [0.1, 0.15) is 21.7 Å². The standard InChI is InChI=1S/C26H23N3O4S/c30-22(20-11-12-23-24(15-20)32-14-13-31-23)18-34-26-28-27-25(17-33-21-9-5-2-6-10-21)29(26)16-19-7-3-1-4-8-19/h1-12,15H,13-14,16-18H2. The number of aromatic nitrogens is 3. The van der Waals surface area contributed by atoms with E-state index >= 15 is 0 Å². The summed E-state index contributed by atoms with van der Waals surface area (Å²) in [4.78, 5) is 12.9. The fourth-order valence-electron chi connectivity index (χ4n) is 3.55. The highest BCUT2D eigenvalue weighted by atomic mass is 32.2. The SMILES string of the molecule is O=C(CSc1nnc(COc2ccccc2)n1Cc1ccccc1)c1ccc2c(c1)OCCO2. The largest absolute Gasteiger partial charge is 0.486 e. The van der Waals surface area contributed by atoms with Gasteiger partial charge in [0, 0.05) is 5.56 Å². The van der Waals surface area contributed by atoms with Gasteiger partial charge in [-0.05, 0) is 35.9 Å². The Kier molecular flexibility index (Phi) is 6.76. The quantitative estimate of drug-likeness (QED) is 0.259. The zero-order chi connectivity index (χ0) is 23.2. The molecule has 0 bridgehead atoms. The number of ketones is 1. The fraction of sp³-hybridized carbons (Fsp3) is 0.192. The van der Waals surface area contributed by atoms with E-state index in [4.69, 9.17) is 14.2 Å². The highest BCUT2D eigenvalue weighted by molar-refractivity contribution is 7.99. The number of hydrogen-bond acceptors (Lipinski definition) is 7. The van der Waals surface area contributed by atoms with E-state index in [1.165, 1.54) is 11.8 Å². The number of fused-ring (bicyclic) bond motifs is 1. The van der Waals surface area contributed by atoms with Gasteiger partial charge in [-0.25, -0.2) is 0 Å². The summed E-state index contributed by atoms with van der Waals surface area (Å²) >= 11 is 1.36. The van der Waals surface area contributed by atoms with Crippen LogP contribution in [-0.2, 0) is 13.2 Å². The van der Waals surface area contributed by atoms with E-state index in [9.17, 15) is 4.79 Å². The minimum absolute atomic E-state index is 0.0154. The molecule has 0 aliphatic carbocycles. The Hall–Kier alpha value is -3.78. The van der Waals surface area contributed by atoms with Crippen molar-refractivity contribution < 1.29 is 19.0 Å². The molecule has 4 aromatic rings. The predicted octanol–water partition coefficient (Wildman–Crippen LogP) is 4.65. The van der Waals surface area contributed by atoms with Gasteiger partial charge in [-0.15, -0.1) is 10.2 Å². The zero-order valence-electron chi connectivity index (χ0n) is 18.4. The molecule has 0 N–H and O–H groups in total. The number of nitrogens with zero attached hydrogens (tertiary/aromatic N) is 3. The number of thioether (sulfide) groups is 1. The molecular weight excluding hydrogens is 450 g/mol. The lowest BCUT2D eigenvalue weighted by atomic mass is 10.1. The first-order valence-corrected chi connectivity index (χ1v) is 11.9. The fourth-order valence-corrected chi connectivity index (χ4v) is 4.40. The van der Waals surface area contributed by atoms with Crippen LogP contribution in [0.25, 0.3) is 0 Å². The van der Waals surface area contributed by atoms with Crippen LogP contribution in [0.5, 0.6) is 17.2 Å². The second-order valence-electron chi connectivity index (χ2n) is 7.64. The zero-order valence-corrected chi connectivity index (χ0v) is 19.2. The van der Waals surface area contributed by atoms with Crippen LogP contribution >= 0.6 is 11.8 Å². The summed E-state index contributed by atoms with van der Waals surface area (Å²) < 4.78 is 19.1. The molecule has 0 atom stereocenters. The van der Waals surface area contributed by atoms with Gasteiger partial charge in [0.15, 0.2) is 28.3 Å². The molecule has 0 saturated heterocycles. The third kappa shape index (κ3) is 5.23. The van der Waals surface area contributed by atoms with Crippen LogP contribution in [0.3, 0.4) is 0 Å². The Morgan fingerprint density at radius 3 is 2.44 bits per heavy atom. The molecule has 1 aliphatic rings. The van der Waals surface area contributed by atoms with E-state index in [0.29, 0.717) is 47.8 Å². The Labute approximate surface area is 201 Å². The summed E-state index contributed by atoms with van der Waals surface area (Å²) in [6, 6.07) is 25.0. The maximum atomic E-state index is 12.9. The summed E-state index contributed by atoms with van der Waals surface area (Å²) in [5.41, 5.74) is 1.70. The molecule has 0 spiro atoms. The topological polar surface area (TPSA) is 75.5 Å². The molecule has 172 valence electrons. The monoisotopic (exact) mass is 473 g/mol. The van der Waals surface area contributed by atoms with Crippen LogP contribution in [0, 0.1) is 0 Å². The lowest BCUT2D eigenvalue weighted by molar-refractivity contribution is 0.102. The number of carbonyl (C=O) groups is 1. The lowest BCUT2D eigenvalue weighted by Crippen LogP contribution is -2.16. The van der Waals surface area contributed by atoms with E-state index in [0.717, 1.165) is 11.3 Å². The summed E-state index contributed by atoms with van der Waals surface area (Å²) in [6.07, 6.45) is 0. The van der Waals surface area contributed by atoms with Gasteiger partial charge < -0.3 is 14.2 Å². The number of carbonyl (C=O) groups excluding carboxylic acids is 1. The second kappa shape index (κ2) is 10.4. The molecule has 0 amide bonds. The first kappa shape index (κ1) is 22.0. The van der Waals surface area contributed by atoms with E-state index in [-0.39, 0.29) is 18.1 Å². The maximum absolute atomic E-state index is 12.9. The molecule has 1 aliphatic heterocycles. The van der Waals surface area contributed by atoms with Gasteiger partial charge in [0.25, 0.3) is 0 Å². The van der Waals surface area contributed by atoms with Crippen molar-refractivity contribution in [3.63, 3.8) is 0 Å². The van der Waals surface area contributed by atoms with Gasteiger partial charge >= 0.3 is 0 Å². The Bertz CT molecular complexity index is 1260. The van der Waals surface area contributed by atoms with Crippen molar-refractivity contribution in [3.8, 4) is 17.2 Å². The molecule has 34 heavy (non-hydrogen) atoms. The third-order valence-electron chi connectivity index (χ3n) is 5.28. The van der Waals surface area contributed by atoms with E-state index in [1.807, 2.05) is 53.1 Å². The lowest BCUT2D eigenvalue weighted by Gasteiger charge is -2.18. The average Bonchev–Trinajstić information content (AvgIpc) is 3.28. The molecule has 1 aromatic heterocycles. The van der Waals surface area contributed by atoms with Crippen molar-refractivity contribution in [1.29, 1.82) is 0 Å². The number of rotatable bonds is 9. The van der Waals surface area contributed by atoms with Gasteiger partial charge in [-0.1, -0.05) is 60.3 Å². The van der Waals surface area contributed by atoms with Crippen LogP contribution < -0.4 is 14.2 Å². The van der Waals surface area contributed by atoms with Crippen molar-refractivity contribution in [2.75, 3.05) is 19.0 Å². The Morgan fingerprint density at radius 2 is 1.65 bits per heavy atom. The molecule has 0 unspecified atom stereocenters. The number of ether oxygens (including phenoxy) is 3. The highest BCUT2D eigenvalue weighted by Crippen LogP contribution is 2.31. The number of Topliss-reactive ketones (excluding diaryl/α,β-unsaturated/α-hetero) is 1. The Balaban J connectivity index is 1.32. The van der Waals surface area contributed by atoms with Crippen molar-refractivity contribution in [1.82, 2.24) is 14.8 Å². The van der Waals surface area contributed by atoms with Crippen molar-refractivity contribution >= 4 is 17.5 Å². The molecule has 0 radical (unpaired) electrons. The molecule has 3 aromatic carbocycles. The highest BCUT2D eigenvalue weighted by Gasteiger charge is 2.18. The average molecular weight is 474 g/mol. The number of hydrogen-bond donors (Lipinski definition) is 0. The van der Waals surface area contributed by atoms with Crippen molar-refractivity contribution in [2.24, 2.45) is 0 Å². The minimum Gasteiger partial charge on any atom is -0.486 e. The number of para-hydroxylation sites is 1. The minimum atomic E-state index is -0.0154. The molecule has 2 heterocycles. The summed E-state index contributed by atoms with van der Waals surface area (Å²) in [7, 11) is 0. The van der Waals surface area contributed by atoms with Gasteiger partial charge in [0.1, 0.15) is 25.6 Å². The maximum Gasteiger partial charge on any atom is 0.192 e.